The van der Waals surface area contributed by atoms with Gasteiger partial charge in [-0.1, -0.05) is 254 Å². The molecule has 0 atom stereocenters. The molecular weight excluding hydrogens is 994 g/mol. The summed E-state index contributed by atoms with van der Waals surface area (Å²) in [5.74, 6) is 0.331. The largest absolute Gasteiger partial charge is 0.457 e. The molecule has 0 N–H and O–H groups in total. The number of ether oxygens (including phenoxy) is 3. The zero-order chi connectivity index (χ0) is 53.9. The highest BCUT2D eigenvalue weighted by Crippen LogP contribution is 2.42. The molecule has 9 aromatic rings. The van der Waals surface area contributed by atoms with Gasteiger partial charge in [0.2, 0.25) is 0 Å². The van der Waals surface area contributed by atoms with Crippen molar-refractivity contribution in [2.75, 3.05) is 31.2 Å². The van der Waals surface area contributed by atoms with Crippen molar-refractivity contribution in [3.63, 3.8) is 0 Å². The van der Waals surface area contributed by atoms with E-state index in [2.05, 4.69) is 175 Å². The molecule has 1 aliphatic heterocycles. The molecule has 0 amide bonds. The Balaban J connectivity index is 0.921. The van der Waals surface area contributed by atoms with Crippen LogP contribution in [0.2, 0.25) is 5.02 Å². The summed E-state index contributed by atoms with van der Waals surface area (Å²) in [6.45, 7) is 1.78. The first-order valence-electron chi connectivity index (χ1n) is 26.5. The number of halogens is 1. The van der Waals surface area contributed by atoms with E-state index in [1.807, 2.05) is 85.0 Å². The number of fused-ring (bicyclic) bond motifs is 1. The van der Waals surface area contributed by atoms with Crippen molar-refractivity contribution in [2.24, 2.45) is 0 Å². The van der Waals surface area contributed by atoms with Crippen LogP contribution in [0.4, 0.5) is 5.69 Å². The fourth-order valence-corrected chi connectivity index (χ4v) is 10.7. The highest BCUT2D eigenvalue weighted by molar-refractivity contribution is 6.40. The van der Waals surface area contributed by atoms with Crippen LogP contribution in [0.15, 0.2) is 302 Å². The van der Waals surface area contributed by atoms with E-state index in [0.29, 0.717) is 59.5 Å². The topological polar surface area (TPSA) is 65.1 Å². The lowest BCUT2D eigenvalue weighted by atomic mass is 9.80. The van der Waals surface area contributed by atoms with Gasteiger partial charge in [0.25, 0.3) is 0 Å². The van der Waals surface area contributed by atoms with Crippen LogP contribution < -0.4 is 4.90 Å². The van der Waals surface area contributed by atoms with Crippen LogP contribution in [0.1, 0.15) is 65.2 Å². The Hall–Kier alpha value is -9.17. The number of rotatable bonds is 19. The first-order chi connectivity index (χ1) is 38.9. The molecule has 0 bridgehead atoms. The van der Waals surface area contributed by atoms with Gasteiger partial charge in [0, 0.05) is 34.9 Å². The summed E-state index contributed by atoms with van der Waals surface area (Å²) in [6.07, 6.45) is 11.1. The molecule has 0 unspecified atom stereocenters. The highest BCUT2D eigenvalue weighted by atomic mass is 35.5. The Bertz CT molecular complexity index is 3340. The number of ketones is 2. The van der Waals surface area contributed by atoms with E-state index in [1.54, 1.807) is 36.4 Å². The van der Waals surface area contributed by atoms with Crippen molar-refractivity contribution in [3.8, 4) is 0 Å². The van der Waals surface area contributed by atoms with Crippen molar-refractivity contribution in [1.82, 2.24) is 0 Å². The minimum Gasteiger partial charge on any atom is -0.457 e. The second-order valence-corrected chi connectivity index (χ2v) is 19.7. The lowest BCUT2D eigenvalue weighted by Gasteiger charge is -2.38. The standard InChI is InChI=1S/C72H56ClNO5/c73-62-41-35-53(36-42-62)39-45-64-51-55(68-69(75)66-33-19-20-34-67(66)70(68)76)52-65(79-64)46-40-54-37-43-63(44-38-54)74(47-49-77-71(56-21-7-1-8-22-56,57-23-9-2-10-24-57)58-25-11-3-12-26-58)48-50-78-72(59-27-13-4-14-28-59,60-29-15-5-16-30-60)61-31-17-6-18-32-61/h1-46,51-52H,47-50H2/b45-39+,46-40+. The third-order valence-electron chi connectivity index (χ3n) is 14.4. The van der Waals surface area contributed by atoms with Crippen molar-refractivity contribution in [3.05, 3.63) is 362 Å². The number of hydrogen-bond acceptors (Lipinski definition) is 6. The SMILES string of the molecule is O=C1C(=C2C=C(/C=C/c3ccc(Cl)cc3)OC(/C=C/c3ccc(N(CCOC(c4ccccc4)(c4ccccc4)c4ccccc4)CCOC(c4ccccc4)(c4ccccc4)c4ccccc4)cc3)=C2)C(=O)c2ccccc21. The van der Waals surface area contributed by atoms with Crippen LogP contribution in [0.5, 0.6) is 0 Å². The van der Waals surface area contributed by atoms with Crippen molar-refractivity contribution >= 4 is 41.0 Å². The average Bonchev–Trinajstić information content (AvgIpc) is 3.82. The first-order valence-corrected chi connectivity index (χ1v) is 26.9. The number of Topliss-reactive ketones (excluding diaryl/α,β-unsaturated/α-hetero) is 2. The molecule has 1 aliphatic carbocycles. The van der Waals surface area contributed by atoms with Gasteiger partial charge in [-0.2, -0.15) is 0 Å². The third-order valence-corrected chi connectivity index (χ3v) is 14.7. The Morgan fingerprint density at radius 1 is 0.392 bits per heavy atom. The average molecular weight is 1050 g/mol. The summed E-state index contributed by atoms with van der Waals surface area (Å²) < 4.78 is 21.2. The van der Waals surface area contributed by atoms with Gasteiger partial charge in [-0.3, -0.25) is 9.59 Å². The van der Waals surface area contributed by atoms with E-state index in [0.717, 1.165) is 50.2 Å². The summed E-state index contributed by atoms with van der Waals surface area (Å²) in [6, 6.07) is 85.5. The first kappa shape index (κ1) is 51.9. The van der Waals surface area contributed by atoms with Crippen LogP contribution in [-0.4, -0.2) is 37.9 Å². The number of anilines is 1. The summed E-state index contributed by atoms with van der Waals surface area (Å²) in [5.41, 5.74) is 8.58. The van der Waals surface area contributed by atoms with Gasteiger partial charge in [-0.05, 0) is 98.7 Å². The zero-order valence-electron chi connectivity index (χ0n) is 43.4. The second kappa shape index (κ2) is 24.0. The number of hydrogen-bond donors (Lipinski definition) is 0. The maximum Gasteiger partial charge on any atom is 0.198 e. The number of carbonyl (C=O) groups is 2. The number of carbonyl (C=O) groups excluding carboxylic acids is 2. The van der Waals surface area contributed by atoms with Gasteiger partial charge in [0.1, 0.15) is 22.7 Å². The molecule has 0 spiro atoms. The summed E-state index contributed by atoms with van der Waals surface area (Å²) in [5, 5.41) is 0.634. The fourth-order valence-electron chi connectivity index (χ4n) is 10.6. The maximum absolute atomic E-state index is 13.8. The van der Waals surface area contributed by atoms with Crippen LogP contribution in [-0.2, 0) is 25.4 Å². The smallest absolute Gasteiger partial charge is 0.198 e. The van der Waals surface area contributed by atoms with E-state index in [9.17, 15) is 9.59 Å². The number of nitrogens with zero attached hydrogens (tertiary/aromatic N) is 1. The van der Waals surface area contributed by atoms with Gasteiger partial charge < -0.3 is 19.1 Å². The molecule has 0 radical (unpaired) electrons. The lowest BCUT2D eigenvalue weighted by Crippen LogP contribution is -2.39. The third kappa shape index (κ3) is 11.2. The predicted octanol–water partition coefficient (Wildman–Crippen LogP) is 16.1. The molecule has 386 valence electrons. The van der Waals surface area contributed by atoms with Gasteiger partial charge >= 0.3 is 0 Å². The molecule has 0 saturated carbocycles. The predicted molar refractivity (Wildman–Crippen MR) is 318 cm³/mol. The van der Waals surface area contributed by atoms with Crippen molar-refractivity contribution in [1.29, 1.82) is 0 Å². The van der Waals surface area contributed by atoms with Gasteiger partial charge in [0.15, 0.2) is 11.6 Å². The van der Waals surface area contributed by atoms with Crippen LogP contribution in [0.3, 0.4) is 0 Å². The Morgan fingerprint density at radius 2 is 0.709 bits per heavy atom. The number of benzene rings is 9. The van der Waals surface area contributed by atoms with E-state index >= 15 is 0 Å². The molecule has 0 fully saturated rings. The summed E-state index contributed by atoms with van der Waals surface area (Å²) in [7, 11) is 0. The van der Waals surface area contributed by atoms with Gasteiger partial charge in [-0.15, -0.1) is 0 Å². The second-order valence-electron chi connectivity index (χ2n) is 19.3. The van der Waals surface area contributed by atoms with Crippen molar-refractivity contribution in [2.45, 2.75) is 11.2 Å². The molecule has 79 heavy (non-hydrogen) atoms. The molecule has 0 saturated heterocycles. The molecule has 1 heterocycles. The maximum atomic E-state index is 13.8. The molecule has 6 nitrogen and oxygen atoms in total. The normalized spacial score (nSPS) is 13.6. The van der Waals surface area contributed by atoms with E-state index < -0.39 is 11.2 Å². The minimum atomic E-state index is -0.904. The van der Waals surface area contributed by atoms with E-state index in [1.165, 1.54) is 0 Å². The zero-order valence-corrected chi connectivity index (χ0v) is 44.2. The van der Waals surface area contributed by atoms with Gasteiger partial charge in [0.05, 0.1) is 18.8 Å². The molecule has 7 heteroatoms. The molecule has 11 rings (SSSR count). The quantitative estimate of drug-likeness (QED) is 0.0457. The highest BCUT2D eigenvalue weighted by Gasteiger charge is 2.40. The van der Waals surface area contributed by atoms with Gasteiger partial charge in [-0.25, -0.2) is 0 Å². The van der Waals surface area contributed by atoms with Crippen LogP contribution in [0.25, 0.3) is 12.2 Å². The Labute approximate surface area is 467 Å². The fraction of sp³-hybridized carbons (Fsp3) is 0.0833. The molecule has 9 aromatic carbocycles. The summed E-state index contributed by atoms with van der Waals surface area (Å²) in [4.78, 5) is 29.9. The Kier molecular flexibility index (Phi) is 15.8. The van der Waals surface area contributed by atoms with E-state index in [4.69, 9.17) is 25.8 Å². The van der Waals surface area contributed by atoms with E-state index in [-0.39, 0.29) is 17.1 Å². The lowest BCUT2D eigenvalue weighted by molar-refractivity contribution is 0.00967. The van der Waals surface area contributed by atoms with Crippen LogP contribution >= 0.6 is 11.6 Å². The van der Waals surface area contributed by atoms with Crippen molar-refractivity contribution < 1.29 is 23.8 Å². The Morgan fingerprint density at radius 3 is 1.05 bits per heavy atom. The molecule has 2 aliphatic rings. The molecular formula is C72H56ClNO5. The molecule has 0 aromatic heterocycles. The minimum absolute atomic E-state index is 0.118. The monoisotopic (exact) mass is 1050 g/mol. The summed E-state index contributed by atoms with van der Waals surface area (Å²) >= 11 is 6.17. The van der Waals surface area contributed by atoms with Crippen LogP contribution in [0, 0.1) is 0 Å². The number of allylic oxidation sites excluding steroid dienone is 6.